The van der Waals surface area contributed by atoms with Crippen molar-refractivity contribution in [2.24, 2.45) is 5.92 Å². The first-order valence-corrected chi connectivity index (χ1v) is 6.35. The van der Waals surface area contributed by atoms with Crippen LogP contribution in [-0.4, -0.2) is 27.7 Å². The van der Waals surface area contributed by atoms with Crippen LogP contribution in [-0.2, 0) is 6.42 Å². The highest BCUT2D eigenvalue weighted by Gasteiger charge is 2.13. The minimum atomic E-state index is -0.0181. The number of aromatic nitrogens is 2. The van der Waals surface area contributed by atoms with Crippen LogP contribution in [0.3, 0.4) is 0 Å². The molecule has 5 heteroatoms. The molecule has 0 saturated carbocycles. The molecular formula is C12H20ClN3O. The molecule has 0 aliphatic heterocycles. The number of aryl methyl sites for hydroxylation is 1. The lowest BCUT2D eigenvalue weighted by molar-refractivity contribution is 0.249. The molecule has 0 aliphatic rings. The summed E-state index contributed by atoms with van der Waals surface area (Å²) in [7, 11) is 0. The summed E-state index contributed by atoms with van der Waals surface area (Å²) in [6.45, 7) is 6.23. The molecule has 1 rings (SSSR count). The smallest absolute Gasteiger partial charge is 0.134 e. The van der Waals surface area contributed by atoms with Crippen LogP contribution in [0.1, 0.15) is 33.0 Å². The molecule has 0 saturated heterocycles. The highest BCUT2D eigenvalue weighted by atomic mass is 35.5. The maximum Gasteiger partial charge on any atom is 0.134 e. The van der Waals surface area contributed by atoms with Crippen LogP contribution in [0.2, 0.25) is 5.15 Å². The Kier molecular flexibility index (Phi) is 5.65. The largest absolute Gasteiger partial charge is 0.394 e. The molecule has 17 heavy (non-hydrogen) atoms. The van der Waals surface area contributed by atoms with Crippen molar-refractivity contribution in [3.05, 3.63) is 17.0 Å². The predicted molar refractivity (Wildman–Crippen MR) is 70.4 cm³/mol. The van der Waals surface area contributed by atoms with Crippen molar-refractivity contribution in [2.45, 2.75) is 39.7 Å². The van der Waals surface area contributed by atoms with Gasteiger partial charge in [-0.05, 0) is 12.3 Å². The summed E-state index contributed by atoms with van der Waals surface area (Å²) in [4.78, 5) is 8.53. The number of nitrogens with zero attached hydrogens (tertiary/aromatic N) is 2. The molecule has 0 aromatic carbocycles. The van der Waals surface area contributed by atoms with Gasteiger partial charge in [-0.15, -0.1) is 0 Å². The summed E-state index contributed by atoms with van der Waals surface area (Å²) in [5, 5.41) is 12.9. The average Bonchev–Trinajstić information content (AvgIpc) is 2.25. The fraction of sp³-hybridized carbons (Fsp3) is 0.667. The number of halogens is 1. The molecule has 0 amide bonds. The van der Waals surface area contributed by atoms with E-state index in [0.717, 1.165) is 18.7 Å². The van der Waals surface area contributed by atoms with Crippen LogP contribution in [0.5, 0.6) is 0 Å². The number of nitrogens with one attached hydrogen (secondary N) is 1. The van der Waals surface area contributed by atoms with E-state index in [1.54, 1.807) is 6.07 Å². The lowest BCUT2D eigenvalue weighted by Crippen LogP contribution is -2.30. The fourth-order valence-electron chi connectivity index (χ4n) is 1.49. The predicted octanol–water partition coefficient (Wildman–Crippen LogP) is 2.51. The number of aliphatic hydroxyl groups is 1. The van der Waals surface area contributed by atoms with Crippen molar-refractivity contribution < 1.29 is 5.11 Å². The highest BCUT2D eigenvalue weighted by molar-refractivity contribution is 6.29. The Bertz CT molecular complexity index is 358. The van der Waals surface area contributed by atoms with E-state index in [1.165, 1.54) is 0 Å². The molecule has 0 fully saturated rings. The number of hydrogen-bond donors (Lipinski definition) is 2. The Morgan fingerprint density at radius 3 is 2.65 bits per heavy atom. The van der Waals surface area contributed by atoms with Gasteiger partial charge in [0.1, 0.15) is 16.8 Å². The van der Waals surface area contributed by atoms with Crippen LogP contribution >= 0.6 is 11.6 Å². The third kappa shape index (κ3) is 4.48. The van der Waals surface area contributed by atoms with Gasteiger partial charge in [-0.3, -0.25) is 0 Å². The molecule has 0 aliphatic carbocycles. The van der Waals surface area contributed by atoms with Gasteiger partial charge in [-0.25, -0.2) is 9.97 Å². The molecule has 96 valence electrons. The monoisotopic (exact) mass is 257 g/mol. The lowest BCUT2D eigenvalue weighted by Gasteiger charge is -2.20. The molecule has 1 aromatic heterocycles. The SMILES string of the molecule is CCCc1nc(Cl)cc(N[C@H](CO)C(C)C)n1. The molecular weight excluding hydrogens is 238 g/mol. The summed E-state index contributed by atoms with van der Waals surface area (Å²) in [6, 6.07) is 1.67. The Morgan fingerprint density at radius 2 is 2.12 bits per heavy atom. The van der Waals surface area contributed by atoms with Gasteiger partial charge >= 0.3 is 0 Å². The van der Waals surface area contributed by atoms with E-state index in [-0.39, 0.29) is 12.6 Å². The van der Waals surface area contributed by atoms with Crippen molar-refractivity contribution in [1.82, 2.24) is 9.97 Å². The normalized spacial score (nSPS) is 12.8. The summed E-state index contributed by atoms with van der Waals surface area (Å²) in [5.41, 5.74) is 0. The summed E-state index contributed by atoms with van der Waals surface area (Å²) < 4.78 is 0. The van der Waals surface area contributed by atoms with E-state index in [1.807, 2.05) is 13.8 Å². The van der Waals surface area contributed by atoms with Gasteiger partial charge in [-0.1, -0.05) is 32.4 Å². The first-order valence-electron chi connectivity index (χ1n) is 5.97. The Morgan fingerprint density at radius 1 is 1.41 bits per heavy atom. The van der Waals surface area contributed by atoms with Crippen LogP contribution < -0.4 is 5.32 Å². The second-order valence-electron chi connectivity index (χ2n) is 4.42. The van der Waals surface area contributed by atoms with Gasteiger partial charge in [0, 0.05) is 12.5 Å². The van der Waals surface area contributed by atoms with E-state index >= 15 is 0 Å². The minimum absolute atomic E-state index is 0.0181. The van der Waals surface area contributed by atoms with Crippen LogP contribution in [0.4, 0.5) is 5.82 Å². The van der Waals surface area contributed by atoms with Crippen LogP contribution in [0, 0.1) is 5.92 Å². The second-order valence-corrected chi connectivity index (χ2v) is 4.81. The number of anilines is 1. The quantitative estimate of drug-likeness (QED) is 0.769. The first kappa shape index (κ1) is 14.2. The number of hydrogen-bond acceptors (Lipinski definition) is 4. The third-order valence-electron chi connectivity index (χ3n) is 2.55. The third-order valence-corrected chi connectivity index (χ3v) is 2.74. The van der Waals surface area contributed by atoms with Crippen molar-refractivity contribution >= 4 is 17.4 Å². The molecule has 2 N–H and O–H groups in total. The van der Waals surface area contributed by atoms with E-state index in [0.29, 0.717) is 16.9 Å². The van der Waals surface area contributed by atoms with Crippen LogP contribution in [0.25, 0.3) is 0 Å². The molecule has 1 atom stereocenters. The van der Waals surface area contributed by atoms with E-state index in [9.17, 15) is 5.11 Å². The molecule has 4 nitrogen and oxygen atoms in total. The topological polar surface area (TPSA) is 58.0 Å². The molecule has 0 spiro atoms. The van der Waals surface area contributed by atoms with Crippen molar-refractivity contribution in [2.75, 3.05) is 11.9 Å². The Hall–Kier alpha value is -0.870. The molecule has 1 aromatic rings. The number of rotatable bonds is 6. The molecule has 0 bridgehead atoms. The zero-order valence-corrected chi connectivity index (χ0v) is 11.3. The van der Waals surface area contributed by atoms with Gasteiger partial charge < -0.3 is 10.4 Å². The summed E-state index contributed by atoms with van der Waals surface area (Å²) in [5.74, 6) is 1.74. The summed E-state index contributed by atoms with van der Waals surface area (Å²) >= 11 is 5.94. The van der Waals surface area contributed by atoms with Crippen molar-refractivity contribution in [3.8, 4) is 0 Å². The number of aliphatic hydroxyl groups excluding tert-OH is 1. The average molecular weight is 258 g/mol. The standard InChI is InChI=1S/C12H20ClN3O/c1-4-5-11-15-10(13)6-12(16-11)14-9(7-17)8(2)3/h6,8-9,17H,4-5,7H2,1-3H3,(H,14,15,16)/t9-/m1/s1. The Balaban J connectivity index is 2.82. The second kappa shape index (κ2) is 6.77. The van der Waals surface area contributed by atoms with Gasteiger partial charge in [-0.2, -0.15) is 0 Å². The molecule has 0 unspecified atom stereocenters. The molecule has 0 radical (unpaired) electrons. The van der Waals surface area contributed by atoms with E-state index in [4.69, 9.17) is 11.6 Å². The van der Waals surface area contributed by atoms with E-state index in [2.05, 4.69) is 22.2 Å². The maximum absolute atomic E-state index is 9.26. The maximum atomic E-state index is 9.26. The van der Waals surface area contributed by atoms with E-state index < -0.39 is 0 Å². The summed E-state index contributed by atoms with van der Waals surface area (Å²) in [6.07, 6.45) is 1.79. The highest BCUT2D eigenvalue weighted by Crippen LogP contribution is 2.15. The van der Waals surface area contributed by atoms with Gasteiger partial charge in [0.05, 0.1) is 12.6 Å². The fourth-order valence-corrected chi connectivity index (χ4v) is 1.69. The zero-order valence-electron chi connectivity index (χ0n) is 10.6. The minimum Gasteiger partial charge on any atom is -0.394 e. The zero-order chi connectivity index (χ0) is 12.8. The Labute approximate surface area is 107 Å². The first-order chi connectivity index (χ1) is 8.06. The van der Waals surface area contributed by atoms with Crippen molar-refractivity contribution in [1.29, 1.82) is 0 Å². The molecule has 1 heterocycles. The lowest BCUT2D eigenvalue weighted by atomic mass is 10.1. The van der Waals surface area contributed by atoms with Gasteiger partial charge in [0.15, 0.2) is 0 Å². The van der Waals surface area contributed by atoms with Crippen molar-refractivity contribution in [3.63, 3.8) is 0 Å². The van der Waals surface area contributed by atoms with Gasteiger partial charge in [0.2, 0.25) is 0 Å². The van der Waals surface area contributed by atoms with Gasteiger partial charge in [0.25, 0.3) is 0 Å². The van der Waals surface area contributed by atoms with Crippen LogP contribution in [0.15, 0.2) is 6.07 Å².